The van der Waals surface area contributed by atoms with Crippen LogP contribution in [0.25, 0.3) is 0 Å². The second-order valence-corrected chi connectivity index (χ2v) is 3.47. The molecule has 0 aliphatic heterocycles. The Balaban J connectivity index is 0.00000121. The fourth-order valence-electron chi connectivity index (χ4n) is 1.14. The SMILES string of the molecule is CC.COC(=O)c1c(Cl)cc(Cl)c(OC)c1N. The van der Waals surface area contributed by atoms with Gasteiger partial charge >= 0.3 is 5.97 Å². The maximum atomic E-state index is 11.3. The van der Waals surface area contributed by atoms with Crippen molar-refractivity contribution in [2.45, 2.75) is 13.8 Å². The predicted octanol–water partition coefficient (Wildman–Crippen LogP) is 3.40. The molecule has 0 saturated heterocycles. The van der Waals surface area contributed by atoms with Gasteiger partial charge in [0.25, 0.3) is 0 Å². The summed E-state index contributed by atoms with van der Waals surface area (Å²) in [4.78, 5) is 11.3. The lowest BCUT2D eigenvalue weighted by atomic mass is 10.1. The van der Waals surface area contributed by atoms with Crippen LogP contribution in [0.15, 0.2) is 6.07 Å². The molecule has 0 aliphatic carbocycles. The normalized spacial score (nSPS) is 9.06. The van der Waals surface area contributed by atoms with E-state index in [0.29, 0.717) is 0 Å². The molecule has 0 aliphatic rings. The molecule has 0 amide bonds. The molecule has 2 N–H and O–H groups in total. The van der Waals surface area contributed by atoms with E-state index in [1.54, 1.807) is 0 Å². The van der Waals surface area contributed by atoms with Gasteiger partial charge < -0.3 is 15.2 Å². The summed E-state index contributed by atoms with van der Waals surface area (Å²) in [6, 6.07) is 1.38. The Labute approximate surface area is 111 Å². The van der Waals surface area contributed by atoms with E-state index in [0.717, 1.165) is 0 Å². The lowest BCUT2D eigenvalue weighted by Crippen LogP contribution is -2.08. The lowest BCUT2D eigenvalue weighted by Gasteiger charge is -2.11. The summed E-state index contributed by atoms with van der Waals surface area (Å²) in [5.41, 5.74) is 5.80. The Bertz CT molecular complexity index is 408. The predicted molar refractivity (Wildman–Crippen MR) is 70.1 cm³/mol. The van der Waals surface area contributed by atoms with Crippen LogP contribution in [0.5, 0.6) is 5.75 Å². The number of ether oxygens (including phenoxy) is 2. The average Bonchev–Trinajstić information content (AvgIpc) is 2.31. The maximum absolute atomic E-state index is 11.3. The second-order valence-electron chi connectivity index (χ2n) is 2.65. The molecule has 1 aromatic carbocycles. The molecule has 96 valence electrons. The first kappa shape index (κ1) is 15.9. The van der Waals surface area contributed by atoms with Gasteiger partial charge in [0.2, 0.25) is 0 Å². The van der Waals surface area contributed by atoms with Crippen LogP contribution in [0.4, 0.5) is 5.69 Å². The van der Waals surface area contributed by atoms with Gasteiger partial charge in [0.1, 0.15) is 5.56 Å². The first-order chi connectivity index (χ1) is 8.02. The molecule has 0 bridgehead atoms. The molecule has 0 atom stereocenters. The average molecular weight is 280 g/mol. The molecule has 6 heteroatoms. The Hall–Kier alpha value is -1.13. The largest absolute Gasteiger partial charge is 0.493 e. The molecule has 0 aromatic heterocycles. The minimum absolute atomic E-state index is 0.0559. The van der Waals surface area contributed by atoms with Crippen molar-refractivity contribution in [1.82, 2.24) is 0 Å². The van der Waals surface area contributed by atoms with Crippen molar-refractivity contribution in [3.05, 3.63) is 21.7 Å². The van der Waals surface area contributed by atoms with Crippen molar-refractivity contribution >= 4 is 34.9 Å². The standard InChI is InChI=1S/C9H9Cl2NO3.C2H6/c1-14-8-5(11)3-4(10)6(7(8)12)9(13)15-2;1-2/h3H,12H2,1-2H3;1-2H3. The first-order valence-corrected chi connectivity index (χ1v) is 5.68. The van der Waals surface area contributed by atoms with Gasteiger partial charge in [0.05, 0.1) is 30.0 Å². The smallest absolute Gasteiger partial charge is 0.341 e. The number of hydrogen-bond donors (Lipinski definition) is 1. The van der Waals surface area contributed by atoms with E-state index in [2.05, 4.69) is 4.74 Å². The van der Waals surface area contributed by atoms with Crippen LogP contribution >= 0.6 is 23.2 Å². The van der Waals surface area contributed by atoms with Gasteiger partial charge in [-0.15, -0.1) is 0 Å². The number of rotatable bonds is 2. The van der Waals surface area contributed by atoms with Crippen LogP contribution in [-0.2, 0) is 4.74 Å². The van der Waals surface area contributed by atoms with E-state index in [-0.39, 0.29) is 27.0 Å². The van der Waals surface area contributed by atoms with Crippen LogP contribution in [-0.4, -0.2) is 20.2 Å². The highest BCUT2D eigenvalue weighted by molar-refractivity contribution is 6.38. The number of carbonyl (C=O) groups is 1. The third-order valence-corrected chi connectivity index (χ3v) is 2.40. The van der Waals surface area contributed by atoms with Gasteiger partial charge in [0.15, 0.2) is 5.75 Å². The van der Waals surface area contributed by atoms with E-state index in [4.69, 9.17) is 33.7 Å². The van der Waals surface area contributed by atoms with Crippen molar-refractivity contribution < 1.29 is 14.3 Å². The van der Waals surface area contributed by atoms with E-state index in [9.17, 15) is 4.79 Å². The molecule has 17 heavy (non-hydrogen) atoms. The molecule has 0 fully saturated rings. The number of carbonyl (C=O) groups excluding carboxylic acids is 1. The number of anilines is 1. The third-order valence-electron chi connectivity index (χ3n) is 1.82. The fraction of sp³-hybridized carbons (Fsp3) is 0.364. The summed E-state index contributed by atoms with van der Waals surface area (Å²) in [6.07, 6.45) is 0. The summed E-state index contributed by atoms with van der Waals surface area (Å²) in [5.74, 6) is -0.422. The molecule has 1 rings (SSSR count). The number of benzene rings is 1. The molecule has 4 nitrogen and oxygen atoms in total. The summed E-state index contributed by atoms with van der Waals surface area (Å²) >= 11 is 11.6. The van der Waals surface area contributed by atoms with Crippen LogP contribution in [0.2, 0.25) is 10.0 Å². The molecular formula is C11H15Cl2NO3. The van der Waals surface area contributed by atoms with Gasteiger partial charge in [-0.05, 0) is 6.07 Å². The number of nitrogen functional groups attached to an aromatic ring is 1. The van der Waals surface area contributed by atoms with Crippen molar-refractivity contribution in [2.75, 3.05) is 20.0 Å². The third kappa shape index (κ3) is 3.41. The van der Waals surface area contributed by atoms with Crippen LogP contribution in [0.3, 0.4) is 0 Å². The molecule has 0 saturated carbocycles. The summed E-state index contributed by atoms with van der Waals surface area (Å²) in [7, 11) is 2.63. The van der Waals surface area contributed by atoms with Crippen molar-refractivity contribution in [1.29, 1.82) is 0 Å². The lowest BCUT2D eigenvalue weighted by molar-refractivity contribution is 0.0602. The fourth-order valence-corrected chi connectivity index (χ4v) is 1.77. The molecule has 0 spiro atoms. The van der Waals surface area contributed by atoms with Crippen molar-refractivity contribution in [2.24, 2.45) is 0 Å². The Kier molecular flexibility index (Phi) is 6.76. The topological polar surface area (TPSA) is 61.5 Å². The van der Waals surface area contributed by atoms with E-state index in [1.165, 1.54) is 20.3 Å². The molecule has 0 unspecified atom stereocenters. The minimum Gasteiger partial charge on any atom is -0.493 e. The van der Waals surface area contributed by atoms with Crippen LogP contribution in [0.1, 0.15) is 24.2 Å². The van der Waals surface area contributed by atoms with Crippen molar-refractivity contribution in [3.8, 4) is 5.75 Å². The number of methoxy groups -OCH3 is 2. The minimum atomic E-state index is -0.632. The zero-order valence-corrected chi connectivity index (χ0v) is 11.6. The number of nitrogens with two attached hydrogens (primary N) is 1. The Morgan fingerprint density at radius 3 is 2.18 bits per heavy atom. The van der Waals surface area contributed by atoms with E-state index < -0.39 is 5.97 Å². The molecule has 1 aromatic rings. The molecule has 0 radical (unpaired) electrons. The Morgan fingerprint density at radius 1 is 1.24 bits per heavy atom. The summed E-state index contributed by atoms with van der Waals surface area (Å²) < 4.78 is 9.48. The highest BCUT2D eigenvalue weighted by atomic mass is 35.5. The number of hydrogen-bond acceptors (Lipinski definition) is 4. The van der Waals surface area contributed by atoms with Gasteiger partial charge in [-0.1, -0.05) is 37.0 Å². The van der Waals surface area contributed by atoms with Gasteiger partial charge in [0, 0.05) is 0 Å². The number of halogens is 2. The second kappa shape index (κ2) is 7.25. The zero-order chi connectivity index (χ0) is 13.6. The first-order valence-electron chi connectivity index (χ1n) is 4.92. The van der Waals surface area contributed by atoms with Gasteiger partial charge in [-0.2, -0.15) is 0 Å². The highest BCUT2D eigenvalue weighted by Crippen LogP contribution is 2.38. The quantitative estimate of drug-likeness (QED) is 0.666. The van der Waals surface area contributed by atoms with Crippen molar-refractivity contribution in [3.63, 3.8) is 0 Å². The number of esters is 1. The summed E-state index contributed by atoms with van der Waals surface area (Å²) in [6.45, 7) is 4.00. The summed E-state index contributed by atoms with van der Waals surface area (Å²) in [5, 5.41) is 0.373. The van der Waals surface area contributed by atoms with Gasteiger partial charge in [-0.25, -0.2) is 4.79 Å². The monoisotopic (exact) mass is 279 g/mol. The van der Waals surface area contributed by atoms with Crippen LogP contribution in [0, 0.1) is 0 Å². The van der Waals surface area contributed by atoms with Crippen LogP contribution < -0.4 is 10.5 Å². The molecule has 0 heterocycles. The Morgan fingerprint density at radius 2 is 1.76 bits per heavy atom. The maximum Gasteiger partial charge on any atom is 0.341 e. The van der Waals surface area contributed by atoms with E-state index >= 15 is 0 Å². The zero-order valence-electron chi connectivity index (χ0n) is 10.1. The van der Waals surface area contributed by atoms with Gasteiger partial charge in [-0.3, -0.25) is 0 Å². The molecular weight excluding hydrogens is 265 g/mol. The highest BCUT2D eigenvalue weighted by Gasteiger charge is 2.20. The van der Waals surface area contributed by atoms with E-state index in [1.807, 2.05) is 13.8 Å².